The number of Topliss-reactive ketones (excluding diaryl/α,β-unsaturated/α-hetero) is 1. The summed E-state index contributed by atoms with van der Waals surface area (Å²) >= 11 is 2.65. The van der Waals surface area contributed by atoms with E-state index in [1.54, 1.807) is 0 Å². The van der Waals surface area contributed by atoms with Gasteiger partial charge < -0.3 is 9.47 Å². The molecule has 0 aromatic rings. The van der Waals surface area contributed by atoms with E-state index >= 15 is 0 Å². The zero-order valence-corrected chi connectivity index (χ0v) is 10.4. The van der Waals surface area contributed by atoms with Crippen molar-refractivity contribution in [2.75, 3.05) is 5.33 Å². The number of hydrogen-bond acceptors (Lipinski definition) is 4. The maximum absolute atomic E-state index is 12.5. The number of rotatable bonds is 3. The second-order valence-electron chi connectivity index (χ2n) is 3.52. The summed E-state index contributed by atoms with van der Waals surface area (Å²) < 4.78 is 81.8. The van der Waals surface area contributed by atoms with Crippen molar-refractivity contribution < 1.29 is 45.4 Å². The van der Waals surface area contributed by atoms with Crippen LogP contribution in [0.1, 0.15) is 6.42 Å². The Bertz CT molecular complexity index is 376. The van der Waals surface area contributed by atoms with Gasteiger partial charge in [0.2, 0.25) is 0 Å². The van der Waals surface area contributed by atoms with E-state index in [-0.39, 0.29) is 5.33 Å². The number of carbonyl (C=O) groups is 2. The van der Waals surface area contributed by atoms with Crippen LogP contribution in [0, 0.1) is 0 Å². The minimum Gasteiger partial charge on any atom is -0.414 e. The third kappa shape index (κ3) is 2.86. The molecule has 1 fully saturated rings. The van der Waals surface area contributed by atoms with Crippen LogP contribution in [-0.4, -0.2) is 41.3 Å². The smallest absolute Gasteiger partial charge is 0.414 e. The second-order valence-corrected chi connectivity index (χ2v) is 4.08. The average Bonchev–Trinajstić information content (AvgIpc) is 2.56. The van der Waals surface area contributed by atoms with Crippen molar-refractivity contribution in [1.82, 2.24) is 0 Å². The third-order valence-corrected chi connectivity index (χ3v) is 2.75. The van der Waals surface area contributed by atoms with Gasteiger partial charge in [-0.15, -0.1) is 0 Å². The van der Waals surface area contributed by atoms with E-state index in [1.165, 1.54) is 0 Å². The summed E-state index contributed by atoms with van der Waals surface area (Å²) in [5, 5.41) is -0.342. The second kappa shape index (κ2) is 4.93. The first kappa shape index (κ1) is 16.2. The van der Waals surface area contributed by atoms with Crippen LogP contribution < -0.4 is 0 Å². The van der Waals surface area contributed by atoms with Gasteiger partial charge in [-0.25, -0.2) is 4.79 Å². The summed E-state index contributed by atoms with van der Waals surface area (Å²) in [5.41, 5.74) is 0. The fraction of sp³-hybridized carbons (Fsp3) is 0.750. The SMILES string of the molecule is O=C(CBr)C[C@@H]1OC(C(F)(F)F)(C(F)(F)F)OC1=O. The molecule has 0 aliphatic carbocycles. The molecule has 110 valence electrons. The highest BCUT2D eigenvalue weighted by Gasteiger charge is 2.80. The van der Waals surface area contributed by atoms with Crippen molar-refractivity contribution in [2.45, 2.75) is 30.7 Å². The summed E-state index contributed by atoms with van der Waals surface area (Å²) in [6.45, 7) is 0. The lowest BCUT2D eigenvalue weighted by Gasteiger charge is -2.30. The van der Waals surface area contributed by atoms with Gasteiger partial charge in [-0.05, 0) is 0 Å². The predicted molar refractivity (Wildman–Crippen MR) is 49.2 cm³/mol. The van der Waals surface area contributed by atoms with Crippen LogP contribution in [0.5, 0.6) is 0 Å². The van der Waals surface area contributed by atoms with E-state index in [4.69, 9.17) is 0 Å². The maximum Gasteiger partial charge on any atom is 0.465 e. The van der Waals surface area contributed by atoms with Gasteiger partial charge in [0, 0.05) is 6.42 Å². The molecule has 0 N–H and O–H groups in total. The van der Waals surface area contributed by atoms with Crippen LogP contribution >= 0.6 is 15.9 Å². The molecule has 1 rings (SSSR count). The number of alkyl halides is 7. The number of esters is 1. The van der Waals surface area contributed by atoms with Gasteiger partial charge in [0.25, 0.3) is 0 Å². The molecule has 0 saturated carbocycles. The summed E-state index contributed by atoms with van der Waals surface area (Å²) in [4.78, 5) is 21.9. The zero-order valence-electron chi connectivity index (χ0n) is 8.77. The molecule has 19 heavy (non-hydrogen) atoms. The number of carbonyl (C=O) groups excluding carboxylic acids is 2. The summed E-state index contributed by atoms with van der Waals surface area (Å²) in [5.74, 6) is -7.71. The van der Waals surface area contributed by atoms with E-state index in [0.29, 0.717) is 0 Å². The number of hydrogen-bond donors (Lipinski definition) is 0. The Morgan fingerprint density at radius 3 is 2.00 bits per heavy atom. The van der Waals surface area contributed by atoms with E-state index in [1.807, 2.05) is 0 Å². The molecular formula is C8H5BrF6O4. The molecule has 0 aromatic carbocycles. The van der Waals surface area contributed by atoms with Crippen molar-refractivity contribution in [1.29, 1.82) is 0 Å². The lowest BCUT2D eigenvalue weighted by molar-refractivity contribution is -0.439. The minimum atomic E-state index is -6.01. The number of ether oxygens (including phenoxy) is 2. The van der Waals surface area contributed by atoms with Gasteiger partial charge in [0.05, 0.1) is 5.33 Å². The summed E-state index contributed by atoms with van der Waals surface area (Å²) in [7, 11) is 0. The zero-order chi connectivity index (χ0) is 15.1. The van der Waals surface area contributed by atoms with Gasteiger partial charge in [-0.1, -0.05) is 15.9 Å². The molecule has 0 amide bonds. The monoisotopic (exact) mass is 358 g/mol. The lowest BCUT2D eigenvalue weighted by Crippen LogP contribution is -2.58. The van der Waals surface area contributed by atoms with Gasteiger partial charge in [-0.2, -0.15) is 26.3 Å². The molecule has 0 aromatic heterocycles. The van der Waals surface area contributed by atoms with Gasteiger partial charge in [0.15, 0.2) is 6.10 Å². The topological polar surface area (TPSA) is 52.6 Å². The van der Waals surface area contributed by atoms with Crippen LogP contribution in [0.2, 0.25) is 0 Å². The molecule has 1 saturated heterocycles. The summed E-state index contributed by atoms with van der Waals surface area (Å²) in [6, 6.07) is 0. The Morgan fingerprint density at radius 2 is 1.68 bits per heavy atom. The molecule has 0 radical (unpaired) electrons. The highest BCUT2D eigenvalue weighted by Crippen LogP contribution is 2.50. The molecule has 0 spiro atoms. The Hall–Kier alpha value is -0.840. The van der Waals surface area contributed by atoms with Crippen molar-refractivity contribution in [3.05, 3.63) is 0 Å². The van der Waals surface area contributed by atoms with Crippen molar-refractivity contribution in [3.8, 4) is 0 Å². The normalized spacial score (nSPS) is 23.3. The lowest BCUT2D eigenvalue weighted by atomic mass is 10.2. The fourth-order valence-electron chi connectivity index (χ4n) is 1.28. The quantitative estimate of drug-likeness (QED) is 0.440. The average molecular weight is 359 g/mol. The number of cyclic esters (lactones) is 1. The van der Waals surface area contributed by atoms with E-state index < -0.39 is 42.4 Å². The molecule has 4 nitrogen and oxygen atoms in total. The highest BCUT2D eigenvalue weighted by molar-refractivity contribution is 9.09. The van der Waals surface area contributed by atoms with Crippen LogP contribution in [0.25, 0.3) is 0 Å². The highest BCUT2D eigenvalue weighted by atomic mass is 79.9. The standard InChI is InChI=1S/C8H5BrF6O4/c9-2-3(16)1-4-5(17)19-6(18-4,7(10,11)12)8(13,14)15/h4H,1-2H2/t4-/m0/s1. The summed E-state index contributed by atoms with van der Waals surface area (Å²) in [6.07, 6.45) is -15.2. The number of ketones is 1. The fourth-order valence-corrected chi connectivity index (χ4v) is 1.51. The van der Waals surface area contributed by atoms with E-state index in [0.717, 1.165) is 0 Å². The van der Waals surface area contributed by atoms with Crippen molar-refractivity contribution in [2.24, 2.45) is 0 Å². The van der Waals surface area contributed by atoms with Crippen LogP contribution in [0.15, 0.2) is 0 Å². The Labute approximate surface area is 110 Å². The Balaban J connectivity index is 3.07. The van der Waals surface area contributed by atoms with Crippen LogP contribution in [0.3, 0.4) is 0 Å². The Morgan fingerprint density at radius 1 is 1.21 bits per heavy atom. The molecule has 0 bridgehead atoms. The Kier molecular flexibility index (Phi) is 4.20. The molecular weight excluding hydrogens is 354 g/mol. The van der Waals surface area contributed by atoms with Crippen LogP contribution in [0.4, 0.5) is 26.3 Å². The van der Waals surface area contributed by atoms with Gasteiger partial charge in [0.1, 0.15) is 5.78 Å². The minimum absolute atomic E-state index is 0.342. The molecule has 0 unspecified atom stereocenters. The molecule has 1 atom stereocenters. The van der Waals surface area contributed by atoms with Crippen molar-refractivity contribution >= 4 is 27.7 Å². The van der Waals surface area contributed by atoms with Crippen LogP contribution in [-0.2, 0) is 19.1 Å². The van der Waals surface area contributed by atoms with Crippen molar-refractivity contribution in [3.63, 3.8) is 0 Å². The molecule has 1 aliphatic rings. The predicted octanol–water partition coefficient (Wildman–Crippen LogP) is 2.10. The van der Waals surface area contributed by atoms with E-state index in [9.17, 15) is 35.9 Å². The first-order chi connectivity index (χ1) is 8.44. The van der Waals surface area contributed by atoms with E-state index in [2.05, 4.69) is 25.4 Å². The third-order valence-electron chi connectivity index (χ3n) is 2.12. The van der Waals surface area contributed by atoms with Gasteiger partial charge in [-0.3, -0.25) is 4.79 Å². The molecule has 1 aliphatic heterocycles. The maximum atomic E-state index is 12.5. The first-order valence-electron chi connectivity index (χ1n) is 4.56. The largest absolute Gasteiger partial charge is 0.465 e. The number of halogens is 7. The molecule has 1 heterocycles. The molecule has 11 heteroatoms. The van der Waals surface area contributed by atoms with Gasteiger partial charge >= 0.3 is 24.1 Å². The first-order valence-corrected chi connectivity index (χ1v) is 5.68.